The predicted molar refractivity (Wildman–Crippen MR) is 161 cm³/mol. The first-order valence-corrected chi connectivity index (χ1v) is 13.7. The van der Waals surface area contributed by atoms with E-state index in [9.17, 15) is 4.39 Å². The van der Waals surface area contributed by atoms with E-state index in [1.165, 1.54) is 24.8 Å². The van der Waals surface area contributed by atoms with Crippen LogP contribution in [-0.2, 0) is 6.42 Å². The third-order valence-electron chi connectivity index (χ3n) is 7.31. The average Bonchev–Trinajstić information content (AvgIpc) is 3.30. The normalized spacial score (nSPS) is 13.1. The average molecular weight is 550 g/mol. The smallest absolute Gasteiger partial charge is 0.138 e. The van der Waals surface area contributed by atoms with E-state index in [2.05, 4.69) is 44.1 Å². The molecule has 0 spiro atoms. The lowest BCUT2D eigenvalue weighted by Crippen LogP contribution is -2.19. The van der Waals surface area contributed by atoms with Crippen LogP contribution in [0.5, 0.6) is 11.5 Å². The number of rotatable bonds is 8. The Kier molecular flexibility index (Phi) is 7.48. The van der Waals surface area contributed by atoms with Crippen LogP contribution in [0.3, 0.4) is 0 Å². The van der Waals surface area contributed by atoms with Crippen LogP contribution in [0.4, 0.5) is 4.39 Å². The number of fused-ring (bicyclic) bond motifs is 2. The van der Waals surface area contributed by atoms with Gasteiger partial charge in [0.15, 0.2) is 0 Å². The molecule has 0 atom stereocenters. The summed E-state index contributed by atoms with van der Waals surface area (Å²) in [6.07, 6.45) is 9.09. The minimum absolute atomic E-state index is 0.358. The van der Waals surface area contributed by atoms with Gasteiger partial charge in [-0.15, -0.1) is 0 Å². The van der Waals surface area contributed by atoms with Crippen molar-refractivity contribution in [3.63, 3.8) is 0 Å². The zero-order valence-electron chi connectivity index (χ0n) is 23.4. The molecule has 2 aromatic carbocycles. The highest BCUT2D eigenvalue weighted by atomic mass is 19.1. The summed E-state index contributed by atoms with van der Waals surface area (Å²) in [5.74, 6) is 0.852. The van der Waals surface area contributed by atoms with Crippen LogP contribution >= 0.6 is 0 Å². The number of pyridine rings is 2. The molecule has 0 saturated carbocycles. The minimum atomic E-state index is -0.358. The van der Waals surface area contributed by atoms with Crippen LogP contribution in [0, 0.1) is 5.82 Å². The zero-order chi connectivity index (χ0) is 28.3. The van der Waals surface area contributed by atoms with E-state index in [1.807, 2.05) is 32.4 Å². The number of hydrogen-bond donors (Lipinski definition) is 1. The Bertz CT molecular complexity index is 1740. The van der Waals surface area contributed by atoms with Crippen molar-refractivity contribution in [2.24, 2.45) is 4.99 Å². The van der Waals surface area contributed by atoms with Crippen molar-refractivity contribution in [1.82, 2.24) is 19.9 Å². The fraction of sp³-hybridized carbons (Fsp3) is 0.242. The number of ether oxygens (including phenoxy) is 2. The number of hydrogen-bond acceptors (Lipinski definition) is 6. The summed E-state index contributed by atoms with van der Waals surface area (Å²) in [6.45, 7) is 2.16. The summed E-state index contributed by atoms with van der Waals surface area (Å²) in [7, 11) is 5.58. The molecule has 0 aliphatic carbocycles. The summed E-state index contributed by atoms with van der Waals surface area (Å²) >= 11 is 0. The number of nitrogens with one attached hydrogen (secondary N) is 1. The Morgan fingerprint density at radius 1 is 0.878 bits per heavy atom. The molecule has 0 saturated heterocycles. The molecular formula is C33H32FN5O2. The molecule has 208 valence electrons. The number of halogens is 1. The first kappa shape index (κ1) is 26.7. The summed E-state index contributed by atoms with van der Waals surface area (Å²) in [5.41, 5.74) is 8.57. The first-order valence-electron chi connectivity index (χ1n) is 13.7. The number of H-pyrrole nitrogens is 1. The Balaban J connectivity index is 1.39. The number of methoxy groups -OCH3 is 1. The molecule has 4 heterocycles. The van der Waals surface area contributed by atoms with Gasteiger partial charge in [-0.05, 0) is 74.0 Å². The molecule has 1 aliphatic rings. The fourth-order valence-corrected chi connectivity index (χ4v) is 5.22. The zero-order valence-corrected chi connectivity index (χ0v) is 23.4. The van der Waals surface area contributed by atoms with Crippen molar-refractivity contribution in [1.29, 1.82) is 0 Å². The minimum Gasteiger partial charge on any atom is -0.497 e. The highest BCUT2D eigenvalue weighted by molar-refractivity contribution is 6.16. The van der Waals surface area contributed by atoms with Gasteiger partial charge in [0.25, 0.3) is 0 Å². The van der Waals surface area contributed by atoms with Gasteiger partial charge in [0.05, 0.1) is 36.4 Å². The van der Waals surface area contributed by atoms with Gasteiger partial charge in [-0.25, -0.2) is 4.39 Å². The molecule has 0 radical (unpaired) electrons. The van der Waals surface area contributed by atoms with Crippen molar-refractivity contribution in [2.75, 3.05) is 40.9 Å². The van der Waals surface area contributed by atoms with E-state index in [0.717, 1.165) is 76.2 Å². The number of benzene rings is 2. The third-order valence-corrected chi connectivity index (χ3v) is 7.31. The highest BCUT2D eigenvalue weighted by Gasteiger charge is 2.19. The summed E-state index contributed by atoms with van der Waals surface area (Å²) in [6, 6.07) is 15.4. The van der Waals surface area contributed by atoms with Gasteiger partial charge in [0.1, 0.15) is 23.9 Å². The molecular weight excluding hydrogens is 517 g/mol. The van der Waals surface area contributed by atoms with Gasteiger partial charge in [-0.1, -0.05) is 12.1 Å². The van der Waals surface area contributed by atoms with Crippen molar-refractivity contribution >= 4 is 16.6 Å². The second-order valence-corrected chi connectivity index (χ2v) is 10.5. The lowest BCUT2D eigenvalue weighted by molar-refractivity contribution is 0.261. The van der Waals surface area contributed by atoms with Gasteiger partial charge >= 0.3 is 0 Å². The van der Waals surface area contributed by atoms with E-state index in [-0.39, 0.29) is 5.82 Å². The lowest BCUT2D eigenvalue weighted by atomic mass is 9.94. The standard InChI is InChI=1S/C33H32FN5O2/c1-39(2)9-10-41-27-13-24(17-35-18-27)22-7-6-21-5-4-8-37-33(28(21)14-22)31-16-29-30(19-36-20-32(29)38-31)23-11-25(34)15-26(12-23)40-3/h6-7,11-20,38H,4-5,8-10H2,1-3H3. The topological polar surface area (TPSA) is 75.6 Å². The molecule has 1 aliphatic heterocycles. The maximum atomic E-state index is 14.4. The molecule has 0 unspecified atom stereocenters. The Morgan fingerprint density at radius 3 is 2.59 bits per heavy atom. The molecule has 6 rings (SSSR count). The fourth-order valence-electron chi connectivity index (χ4n) is 5.22. The first-order chi connectivity index (χ1) is 20.0. The maximum absolute atomic E-state index is 14.4. The molecule has 8 heteroatoms. The second-order valence-electron chi connectivity index (χ2n) is 10.5. The van der Waals surface area contributed by atoms with Crippen molar-refractivity contribution in [2.45, 2.75) is 12.8 Å². The van der Waals surface area contributed by atoms with Crippen LogP contribution in [-0.4, -0.2) is 66.5 Å². The van der Waals surface area contributed by atoms with E-state index < -0.39 is 0 Å². The van der Waals surface area contributed by atoms with Crippen LogP contribution in [0.25, 0.3) is 33.2 Å². The molecule has 0 bridgehead atoms. The molecule has 7 nitrogen and oxygen atoms in total. The number of nitrogens with zero attached hydrogens (tertiary/aromatic N) is 4. The van der Waals surface area contributed by atoms with Crippen LogP contribution < -0.4 is 9.47 Å². The Labute approximate surface area is 238 Å². The summed E-state index contributed by atoms with van der Waals surface area (Å²) in [4.78, 5) is 19.5. The summed E-state index contributed by atoms with van der Waals surface area (Å²) in [5, 5.41) is 0.944. The van der Waals surface area contributed by atoms with E-state index in [0.29, 0.717) is 17.9 Å². The van der Waals surface area contributed by atoms with Gasteiger partial charge in [0, 0.05) is 53.6 Å². The van der Waals surface area contributed by atoms with E-state index in [4.69, 9.17) is 14.5 Å². The number of aromatic amines is 1. The largest absolute Gasteiger partial charge is 0.497 e. The highest BCUT2D eigenvalue weighted by Crippen LogP contribution is 2.33. The van der Waals surface area contributed by atoms with Crippen molar-refractivity contribution in [3.05, 3.63) is 96.0 Å². The second kappa shape index (κ2) is 11.5. The summed E-state index contributed by atoms with van der Waals surface area (Å²) < 4.78 is 25.6. The molecule has 3 aromatic heterocycles. The van der Waals surface area contributed by atoms with Gasteiger partial charge in [0.2, 0.25) is 0 Å². The van der Waals surface area contributed by atoms with Gasteiger partial charge in [-0.2, -0.15) is 0 Å². The van der Waals surface area contributed by atoms with Gasteiger partial charge in [-0.3, -0.25) is 15.0 Å². The maximum Gasteiger partial charge on any atom is 0.138 e. The van der Waals surface area contributed by atoms with Crippen LogP contribution in [0.2, 0.25) is 0 Å². The molecule has 0 fully saturated rings. The molecule has 41 heavy (non-hydrogen) atoms. The number of aliphatic imine (C=N–C) groups is 1. The molecule has 1 N–H and O–H groups in total. The third kappa shape index (κ3) is 5.69. The quantitative estimate of drug-likeness (QED) is 0.251. The van der Waals surface area contributed by atoms with Crippen molar-refractivity contribution in [3.8, 4) is 33.8 Å². The van der Waals surface area contributed by atoms with Crippen molar-refractivity contribution < 1.29 is 13.9 Å². The van der Waals surface area contributed by atoms with Crippen LogP contribution in [0.15, 0.2) is 78.3 Å². The monoisotopic (exact) mass is 549 g/mol. The van der Waals surface area contributed by atoms with Crippen LogP contribution in [0.1, 0.15) is 23.2 Å². The predicted octanol–water partition coefficient (Wildman–Crippen LogP) is 6.16. The number of aromatic nitrogens is 3. The van der Waals surface area contributed by atoms with Gasteiger partial charge < -0.3 is 19.4 Å². The lowest BCUT2D eigenvalue weighted by Gasteiger charge is -2.13. The number of aryl methyl sites for hydroxylation is 1. The number of likely N-dealkylation sites (N-methyl/N-ethyl adjacent to an activating group) is 1. The Morgan fingerprint density at radius 2 is 1.73 bits per heavy atom. The SMILES string of the molecule is COc1cc(F)cc(-c2cncc3[nH]c(C4=NCCCc5ccc(-c6cncc(OCCN(C)C)c6)cc54)cc23)c1. The van der Waals surface area contributed by atoms with E-state index >= 15 is 0 Å². The molecule has 5 aromatic rings. The molecule has 0 amide bonds. The van der Waals surface area contributed by atoms with E-state index in [1.54, 1.807) is 18.6 Å². The Hall–Kier alpha value is -4.56.